The largest absolute Gasteiger partial charge is 0.374 e. The van der Waals surface area contributed by atoms with Crippen LogP contribution in [-0.2, 0) is 0 Å². The van der Waals surface area contributed by atoms with Crippen LogP contribution in [0.3, 0.4) is 0 Å². The fraction of sp³-hybridized carbons (Fsp3) is 0.571. The van der Waals surface area contributed by atoms with E-state index in [9.17, 15) is 14.5 Å². The second-order valence-electron chi connectivity index (χ2n) is 5.35. The van der Waals surface area contributed by atoms with E-state index < -0.39 is 10.7 Å². The zero-order valence-corrected chi connectivity index (χ0v) is 11.1. The predicted molar refractivity (Wildman–Crippen MR) is 72.7 cm³/mol. The summed E-state index contributed by atoms with van der Waals surface area (Å²) >= 11 is 0. The molecule has 19 heavy (non-hydrogen) atoms. The van der Waals surface area contributed by atoms with Crippen molar-refractivity contribution in [3.05, 3.63) is 34.1 Å². The molecule has 0 radical (unpaired) electrons. The number of nitro benzene ring substituents is 1. The fourth-order valence-corrected chi connectivity index (χ4v) is 2.64. The molecule has 0 heterocycles. The van der Waals surface area contributed by atoms with Crippen LogP contribution in [0, 0.1) is 21.8 Å². The summed E-state index contributed by atoms with van der Waals surface area (Å²) in [7, 11) is 0. The van der Waals surface area contributed by atoms with E-state index in [1.54, 1.807) is 0 Å². The lowest BCUT2D eigenvalue weighted by atomic mass is 10.0. The summed E-state index contributed by atoms with van der Waals surface area (Å²) in [4.78, 5) is 10.4. The molecule has 2 rings (SSSR count). The number of para-hydroxylation sites is 1. The van der Waals surface area contributed by atoms with Crippen LogP contribution < -0.4 is 5.32 Å². The van der Waals surface area contributed by atoms with E-state index in [-0.39, 0.29) is 17.4 Å². The molecule has 0 bridgehead atoms. The van der Waals surface area contributed by atoms with E-state index in [0.29, 0.717) is 5.92 Å². The molecule has 1 aromatic rings. The molecule has 1 aliphatic rings. The summed E-state index contributed by atoms with van der Waals surface area (Å²) in [6.07, 6.45) is 5.22. The molecule has 0 aromatic heterocycles. The number of rotatable bonds is 3. The van der Waals surface area contributed by atoms with Crippen LogP contribution in [0.5, 0.6) is 0 Å². The molecule has 0 saturated heterocycles. The average molecular weight is 266 g/mol. The first-order valence-electron chi connectivity index (χ1n) is 6.77. The van der Waals surface area contributed by atoms with Crippen molar-refractivity contribution in [1.29, 1.82) is 0 Å². The molecule has 5 heteroatoms. The van der Waals surface area contributed by atoms with Crippen molar-refractivity contribution in [1.82, 2.24) is 0 Å². The van der Waals surface area contributed by atoms with Crippen LogP contribution >= 0.6 is 0 Å². The third-order valence-corrected chi connectivity index (χ3v) is 3.79. The number of hydrogen-bond acceptors (Lipinski definition) is 3. The molecular weight excluding hydrogens is 247 g/mol. The predicted octanol–water partition coefficient (Wildman–Crippen LogP) is 4.11. The Morgan fingerprint density at radius 3 is 2.84 bits per heavy atom. The second kappa shape index (κ2) is 5.99. The Labute approximate surface area is 112 Å². The SMILES string of the molecule is CC1CCCC(Nc2c(F)cccc2[N+](=O)[O-])CC1. The minimum Gasteiger partial charge on any atom is -0.374 e. The number of nitrogens with one attached hydrogen (secondary N) is 1. The van der Waals surface area contributed by atoms with Gasteiger partial charge in [-0.05, 0) is 31.2 Å². The van der Waals surface area contributed by atoms with Gasteiger partial charge in [0.2, 0.25) is 0 Å². The number of nitrogens with zero attached hydrogens (tertiary/aromatic N) is 1. The Kier molecular flexibility index (Phi) is 4.35. The molecule has 2 atom stereocenters. The third-order valence-electron chi connectivity index (χ3n) is 3.79. The van der Waals surface area contributed by atoms with Gasteiger partial charge < -0.3 is 5.32 Å². The summed E-state index contributed by atoms with van der Waals surface area (Å²) in [5.74, 6) is 0.133. The normalized spacial score (nSPS) is 23.7. The molecule has 4 nitrogen and oxygen atoms in total. The molecule has 0 aliphatic heterocycles. The molecule has 1 saturated carbocycles. The Balaban J connectivity index is 2.16. The maximum Gasteiger partial charge on any atom is 0.295 e. The number of benzene rings is 1. The fourth-order valence-electron chi connectivity index (χ4n) is 2.64. The van der Waals surface area contributed by atoms with E-state index in [0.717, 1.165) is 25.7 Å². The van der Waals surface area contributed by atoms with Crippen LogP contribution in [0.15, 0.2) is 18.2 Å². The lowest BCUT2D eigenvalue weighted by molar-refractivity contribution is -0.384. The van der Waals surface area contributed by atoms with E-state index in [4.69, 9.17) is 0 Å². The summed E-state index contributed by atoms with van der Waals surface area (Å²) in [6.45, 7) is 2.22. The monoisotopic (exact) mass is 266 g/mol. The smallest absolute Gasteiger partial charge is 0.295 e. The van der Waals surface area contributed by atoms with E-state index in [1.165, 1.54) is 24.6 Å². The number of hydrogen-bond donors (Lipinski definition) is 1. The van der Waals surface area contributed by atoms with Crippen molar-refractivity contribution in [3.63, 3.8) is 0 Å². The molecule has 1 aliphatic carbocycles. The molecule has 2 unspecified atom stereocenters. The topological polar surface area (TPSA) is 55.2 Å². The van der Waals surface area contributed by atoms with Gasteiger partial charge in [0, 0.05) is 12.1 Å². The van der Waals surface area contributed by atoms with Gasteiger partial charge in [0.25, 0.3) is 5.69 Å². The lowest BCUT2D eigenvalue weighted by Crippen LogP contribution is -2.20. The van der Waals surface area contributed by atoms with Crippen LogP contribution in [-0.4, -0.2) is 11.0 Å². The highest BCUT2D eigenvalue weighted by atomic mass is 19.1. The standard InChI is InChI=1S/C14H19FN2O2/c1-10-4-2-5-11(9-8-10)16-14-12(15)6-3-7-13(14)17(18)19/h3,6-7,10-11,16H,2,4-5,8-9H2,1H3. The van der Waals surface area contributed by atoms with Gasteiger partial charge in [-0.25, -0.2) is 4.39 Å². The molecule has 1 aromatic carbocycles. The highest BCUT2D eigenvalue weighted by Crippen LogP contribution is 2.31. The number of nitro groups is 1. The van der Waals surface area contributed by atoms with Crippen molar-refractivity contribution in [2.45, 2.75) is 45.1 Å². The number of anilines is 1. The van der Waals surface area contributed by atoms with Crippen LogP contribution in [0.1, 0.15) is 39.0 Å². The number of halogens is 1. The van der Waals surface area contributed by atoms with Gasteiger partial charge in [-0.1, -0.05) is 25.8 Å². The molecular formula is C14H19FN2O2. The van der Waals surface area contributed by atoms with Gasteiger partial charge in [0.05, 0.1) is 4.92 Å². The molecule has 104 valence electrons. The summed E-state index contributed by atoms with van der Waals surface area (Å²) < 4.78 is 13.8. The van der Waals surface area contributed by atoms with Crippen molar-refractivity contribution < 1.29 is 9.31 Å². The average Bonchev–Trinajstić information content (AvgIpc) is 2.56. The third kappa shape index (κ3) is 3.43. The highest BCUT2D eigenvalue weighted by molar-refractivity contribution is 5.62. The summed E-state index contributed by atoms with van der Waals surface area (Å²) in [5, 5.41) is 14.0. The summed E-state index contributed by atoms with van der Waals surface area (Å²) in [6, 6.07) is 4.09. The molecule has 0 spiro atoms. The Hall–Kier alpha value is -1.65. The molecule has 0 amide bonds. The van der Waals surface area contributed by atoms with Gasteiger partial charge in [0.1, 0.15) is 5.69 Å². The van der Waals surface area contributed by atoms with Crippen molar-refractivity contribution in [3.8, 4) is 0 Å². The Bertz CT molecular complexity index is 465. The van der Waals surface area contributed by atoms with Gasteiger partial charge >= 0.3 is 0 Å². The lowest BCUT2D eigenvalue weighted by Gasteiger charge is -2.18. The first-order valence-corrected chi connectivity index (χ1v) is 6.77. The molecule has 1 fully saturated rings. The minimum atomic E-state index is -0.550. The van der Waals surface area contributed by atoms with Crippen molar-refractivity contribution >= 4 is 11.4 Å². The zero-order valence-electron chi connectivity index (χ0n) is 11.1. The van der Waals surface area contributed by atoms with Gasteiger partial charge in [0.15, 0.2) is 5.82 Å². The Morgan fingerprint density at radius 2 is 2.11 bits per heavy atom. The first kappa shape index (κ1) is 13.8. The second-order valence-corrected chi connectivity index (χ2v) is 5.35. The Morgan fingerprint density at radius 1 is 1.32 bits per heavy atom. The van der Waals surface area contributed by atoms with Gasteiger partial charge in [-0.2, -0.15) is 0 Å². The maximum absolute atomic E-state index is 13.8. The quantitative estimate of drug-likeness (QED) is 0.508. The summed E-state index contributed by atoms with van der Waals surface area (Å²) in [5.41, 5.74) is -0.149. The van der Waals surface area contributed by atoms with Crippen molar-refractivity contribution in [2.75, 3.05) is 5.32 Å². The van der Waals surface area contributed by atoms with E-state index in [2.05, 4.69) is 12.2 Å². The van der Waals surface area contributed by atoms with Gasteiger partial charge in [-0.3, -0.25) is 10.1 Å². The zero-order chi connectivity index (χ0) is 13.8. The molecule has 1 N–H and O–H groups in total. The van der Waals surface area contributed by atoms with E-state index >= 15 is 0 Å². The van der Waals surface area contributed by atoms with Crippen LogP contribution in [0.4, 0.5) is 15.8 Å². The van der Waals surface area contributed by atoms with Gasteiger partial charge in [-0.15, -0.1) is 0 Å². The van der Waals surface area contributed by atoms with Crippen LogP contribution in [0.25, 0.3) is 0 Å². The highest BCUT2D eigenvalue weighted by Gasteiger charge is 2.22. The van der Waals surface area contributed by atoms with E-state index in [1.807, 2.05) is 0 Å². The maximum atomic E-state index is 13.8. The van der Waals surface area contributed by atoms with Crippen molar-refractivity contribution in [2.24, 2.45) is 5.92 Å². The minimum absolute atomic E-state index is 0.0343. The van der Waals surface area contributed by atoms with Crippen LogP contribution in [0.2, 0.25) is 0 Å². The first-order chi connectivity index (χ1) is 9.08.